The van der Waals surface area contributed by atoms with Crippen LogP contribution in [0.4, 0.5) is 0 Å². The third-order valence-corrected chi connectivity index (χ3v) is 19.2. The Hall–Kier alpha value is -5.06. The Morgan fingerprint density at radius 1 is 0.269 bits per heavy atom. The van der Waals surface area contributed by atoms with Gasteiger partial charge >= 0.3 is 39.5 Å². The van der Waals surface area contributed by atoms with E-state index in [0.29, 0.717) is 25.7 Å². The van der Waals surface area contributed by atoms with Gasteiger partial charge in [-0.1, -0.05) is 289 Å². The fourth-order valence-electron chi connectivity index (χ4n) is 10.9. The highest BCUT2D eigenvalue weighted by molar-refractivity contribution is 7.47. The Bertz CT molecular complexity index is 2610. The molecule has 5 atom stereocenters. The van der Waals surface area contributed by atoms with Gasteiger partial charge < -0.3 is 33.8 Å². The topological polar surface area (TPSA) is 237 Å². The molecule has 0 saturated carbocycles. The second-order valence-electron chi connectivity index (χ2n) is 27.6. The standard InChI is InChI=1S/C89H150O17P2/c1-5-9-13-17-21-25-29-33-37-39-41-43-47-49-53-57-61-65-69-73-86(91)99-79-84(105-88(93)75-71-67-63-59-55-51-45-35-31-27-23-19-15-11-7-3)81-103-107(95,96)101-77-83(90)78-102-108(97,98)104-82-85(106-89(94)76-72-68-64-60-56-52-46-36-32-28-24-20-16-12-8-4)80-100-87(92)74-70-66-62-58-54-50-48-44-42-40-38-34-30-26-22-18-14-10-6-2/h9,12-13,16,21-28,33-38,41-46,83-85,90H,5-8,10-11,14-15,17-20,29-32,39-40,47-82H2,1-4H3,(H,95,96)(H,97,98)/b13-9-,16-12-,25-21-,26-22-,27-23-,28-24-,37-33-,38-34-,43-41-,44-42-,45-35-,46-36-. The summed E-state index contributed by atoms with van der Waals surface area (Å²) in [5.41, 5.74) is 0. The van der Waals surface area contributed by atoms with Crippen LogP contribution in [0, 0.1) is 0 Å². The minimum absolute atomic E-state index is 0.0686. The SMILES string of the molecule is CC/C=C\C/C=C\C/C=C\C/C=C\CCCCCCCCC(=O)OCC(COP(=O)(O)OCC(O)COP(=O)(O)OCC(COC(=O)CCCCCCCC/C=C\C/C=C\C/C=C\CCCCC)OC(=O)CCCCCCC/C=C\C/C=C\C/C=C\CC)OC(=O)CCCCCCC/C=C\C/C=C\CCCCC. The lowest BCUT2D eigenvalue weighted by atomic mass is 10.1. The highest BCUT2D eigenvalue weighted by atomic mass is 31.2. The predicted octanol–water partition coefficient (Wildman–Crippen LogP) is 25.0. The average Bonchev–Trinajstić information content (AvgIpc) is 0.923. The van der Waals surface area contributed by atoms with Crippen molar-refractivity contribution in [1.82, 2.24) is 0 Å². The molecule has 3 N–H and O–H groups in total. The Labute approximate surface area is 656 Å². The Morgan fingerprint density at radius 3 is 0.741 bits per heavy atom. The zero-order chi connectivity index (χ0) is 78.9. The molecular weight excluding hydrogens is 1400 g/mol. The summed E-state index contributed by atoms with van der Waals surface area (Å²) < 4.78 is 68.7. The molecule has 17 nitrogen and oxygen atoms in total. The van der Waals surface area contributed by atoms with Crippen molar-refractivity contribution in [1.29, 1.82) is 0 Å². The molecule has 0 bridgehead atoms. The number of hydrogen-bond donors (Lipinski definition) is 3. The zero-order valence-corrected chi connectivity index (χ0v) is 69.5. The van der Waals surface area contributed by atoms with E-state index in [1.54, 1.807) is 0 Å². The van der Waals surface area contributed by atoms with Crippen molar-refractivity contribution in [2.45, 2.75) is 354 Å². The van der Waals surface area contributed by atoms with Crippen molar-refractivity contribution in [2.24, 2.45) is 0 Å². The predicted molar refractivity (Wildman–Crippen MR) is 445 cm³/mol. The summed E-state index contributed by atoms with van der Waals surface area (Å²) in [5, 5.41) is 10.7. The first-order valence-corrected chi connectivity index (χ1v) is 45.1. The van der Waals surface area contributed by atoms with Gasteiger partial charge in [0.1, 0.15) is 19.3 Å². The van der Waals surface area contributed by atoms with Gasteiger partial charge in [0, 0.05) is 25.7 Å². The molecule has 0 amide bonds. The van der Waals surface area contributed by atoms with Crippen LogP contribution in [-0.4, -0.2) is 96.7 Å². The maximum atomic E-state index is 13.1. The lowest BCUT2D eigenvalue weighted by molar-refractivity contribution is -0.161. The second kappa shape index (κ2) is 80.0. The maximum Gasteiger partial charge on any atom is 0.472 e. The minimum atomic E-state index is -4.99. The molecule has 0 aliphatic rings. The van der Waals surface area contributed by atoms with Crippen LogP contribution in [-0.2, 0) is 65.4 Å². The molecule has 19 heteroatoms. The van der Waals surface area contributed by atoms with Gasteiger partial charge in [0.2, 0.25) is 0 Å². The molecule has 0 heterocycles. The third kappa shape index (κ3) is 79.0. The van der Waals surface area contributed by atoms with E-state index in [0.717, 1.165) is 218 Å². The van der Waals surface area contributed by atoms with E-state index in [1.807, 2.05) is 0 Å². The van der Waals surface area contributed by atoms with Crippen LogP contribution >= 0.6 is 15.6 Å². The Kier molecular flexibility index (Phi) is 76.3. The molecule has 0 aliphatic heterocycles. The second-order valence-corrected chi connectivity index (χ2v) is 30.6. The van der Waals surface area contributed by atoms with Crippen molar-refractivity contribution in [2.75, 3.05) is 39.6 Å². The summed E-state index contributed by atoms with van der Waals surface area (Å²) in [7, 11) is -9.99. The number of ether oxygens (including phenoxy) is 4. The fraction of sp³-hybridized carbons (Fsp3) is 0.685. The number of rotatable bonds is 78. The first-order chi connectivity index (χ1) is 52.7. The number of esters is 4. The number of aliphatic hydroxyl groups excluding tert-OH is 1. The van der Waals surface area contributed by atoms with Gasteiger partial charge in [0.25, 0.3) is 0 Å². The summed E-state index contributed by atoms with van der Waals surface area (Å²) >= 11 is 0. The van der Waals surface area contributed by atoms with Gasteiger partial charge in [-0.2, -0.15) is 0 Å². The number of phosphoric acid groups is 2. The number of carbonyl (C=O) groups excluding carboxylic acids is 4. The van der Waals surface area contributed by atoms with Crippen LogP contribution in [0.3, 0.4) is 0 Å². The molecule has 618 valence electrons. The number of unbranched alkanes of at least 4 members (excludes halogenated alkanes) is 28. The van der Waals surface area contributed by atoms with E-state index >= 15 is 0 Å². The van der Waals surface area contributed by atoms with Crippen molar-refractivity contribution < 1.29 is 80.2 Å². The van der Waals surface area contributed by atoms with Crippen molar-refractivity contribution in [3.8, 4) is 0 Å². The van der Waals surface area contributed by atoms with Crippen LogP contribution in [0.15, 0.2) is 146 Å². The number of allylic oxidation sites excluding steroid dienone is 24. The quantitative estimate of drug-likeness (QED) is 0.0169. The molecule has 0 aromatic rings. The van der Waals surface area contributed by atoms with Crippen molar-refractivity contribution >= 4 is 39.5 Å². The summed E-state index contributed by atoms with van der Waals surface area (Å²) in [5.74, 6) is -2.23. The lowest BCUT2D eigenvalue weighted by Gasteiger charge is -2.21. The van der Waals surface area contributed by atoms with Gasteiger partial charge in [-0.25, -0.2) is 9.13 Å². The molecule has 0 aromatic heterocycles. The largest absolute Gasteiger partial charge is 0.472 e. The minimum Gasteiger partial charge on any atom is -0.462 e. The molecule has 108 heavy (non-hydrogen) atoms. The number of hydrogen-bond acceptors (Lipinski definition) is 15. The summed E-state index contributed by atoms with van der Waals surface area (Å²) in [4.78, 5) is 73.2. The maximum absolute atomic E-state index is 13.1. The van der Waals surface area contributed by atoms with E-state index in [9.17, 15) is 43.2 Å². The molecule has 0 aromatic carbocycles. The molecular formula is C89H150O17P2. The average molecular weight is 1550 g/mol. The molecule has 0 aliphatic carbocycles. The van der Waals surface area contributed by atoms with Gasteiger partial charge in [0.05, 0.1) is 26.4 Å². The normalized spacial score (nSPS) is 14.5. The van der Waals surface area contributed by atoms with Gasteiger partial charge in [0.15, 0.2) is 12.2 Å². The highest BCUT2D eigenvalue weighted by Crippen LogP contribution is 2.45. The Morgan fingerprint density at radius 2 is 0.481 bits per heavy atom. The summed E-state index contributed by atoms with van der Waals surface area (Å²) in [6, 6.07) is 0. The van der Waals surface area contributed by atoms with Crippen molar-refractivity contribution in [3.05, 3.63) is 146 Å². The van der Waals surface area contributed by atoms with Crippen LogP contribution in [0.25, 0.3) is 0 Å². The fourth-order valence-corrected chi connectivity index (χ4v) is 12.5. The monoisotopic (exact) mass is 1550 g/mol. The van der Waals surface area contributed by atoms with Crippen LogP contribution in [0.2, 0.25) is 0 Å². The lowest BCUT2D eigenvalue weighted by Crippen LogP contribution is -2.30. The van der Waals surface area contributed by atoms with Crippen LogP contribution in [0.1, 0.15) is 336 Å². The highest BCUT2D eigenvalue weighted by Gasteiger charge is 2.30. The first kappa shape index (κ1) is 103. The summed E-state index contributed by atoms with van der Waals surface area (Å²) in [6.45, 7) is 4.56. The number of aliphatic hydroxyl groups is 1. The Balaban J connectivity index is 5.41. The van der Waals surface area contributed by atoms with E-state index in [2.05, 4.69) is 174 Å². The van der Waals surface area contributed by atoms with Gasteiger partial charge in [-0.05, 0) is 167 Å². The van der Waals surface area contributed by atoms with Gasteiger partial charge in [-0.15, -0.1) is 0 Å². The molecule has 0 radical (unpaired) electrons. The summed E-state index contributed by atoms with van der Waals surface area (Å²) in [6.07, 6.45) is 92.3. The molecule has 0 fully saturated rings. The van der Waals surface area contributed by atoms with Gasteiger partial charge in [-0.3, -0.25) is 37.3 Å². The molecule has 0 saturated heterocycles. The number of carbonyl (C=O) groups is 4. The zero-order valence-electron chi connectivity index (χ0n) is 67.7. The van der Waals surface area contributed by atoms with E-state index in [1.165, 1.54) is 38.5 Å². The van der Waals surface area contributed by atoms with Crippen LogP contribution < -0.4 is 0 Å². The number of phosphoric ester groups is 2. The third-order valence-electron chi connectivity index (χ3n) is 17.3. The van der Waals surface area contributed by atoms with E-state index < -0.39 is 97.5 Å². The molecule has 5 unspecified atom stereocenters. The van der Waals surface area contributed by atoms with Crippen LogP contribution in [0.5, 0.6) is 0 Å². The van der Waals surface area contributed by atoms with E-state index in [4.69, 9.17) is 37.0 Å². The molecule has 0 spiro atoms. The van der Waals surface area contributed by atoms with Crippen molar-refractivity contribution in [3.63, 3.8) is 0 Å². The van der Waals surface area contributed by atoms with E-state index in [-0.39, 0.29) is 25.7 Å². The first-order valence-electron chi connectivity index (χ1n) is 42.1. The molecule has 0 rings (SSSR count). The smallest absolute Gasteiger partial charge is 0.462 e.